The molecule has 2 fully saturated rings. The second kappa shape index (κ2) is 6.93. The quantitative estimate of drug-likeness (QED) is 0.850. The maximum atomic E-state index is 10.8. The number of carbonyl (C=O) groups is 1. The highest BCUT2D eigenvalue weighted by Gasteiger charge is 2.45. The SMILES string of the molecule is O=C(O)CCN1CCC2(CC1)COc1cc(C3CC3c3ccccc3)ccc12. The molecule has 2 aliphatic heterocycles. The standard InChI is InChI=1S/C24H27NO3/c26-23(27)8-11-25-12-9-24(10-13-25)16-28-22-14-18(6-7-21(22)24)20-15-19(20)17-4-2-1-3-5-17/h1-7,14,19-20H,8-13,15-16H2,(H,26,27). The summed E-state index contributed by atoms with van der Waals surface area (Å²) < 4.78 is 6.17. The van der Waals surface area contributed by atoms with Gasteiger partial charge in [-0.2, -0.15) is 0 Å². The Morgan fingerprint density at radius 2 is 1.82 bits per heavy atom. The van der Waals surface area contributed by atoms with Crippen molar-refractivity contribution < 1.29 is 14.6 Å². The Bertz CT molecular complexity index is 871. The fourth-order valence-electron chi connectivity index (χ4n) is 5.12. The zero-order chi connectivity index (χ0) is 19.1. The van der Waals surface area contributed by atoms with Gasteiger partial charge in [-0.1, -0.05) is 42.5 Å². The second-order valence-corrected chi connectivity index (χ2v) is 8.67. The summed E-state index contributed by atoms with van der Waals surface area (Å²) in [4.78, 5) is 13.1. The van der Waals surface area contributed by atoms with E-state index in [9.17, 15) is 4.79 Å². The zero-order valence-corrected chi connectivity index (χ0v) is 16.1. The van der Waals surface area contributed by atoms with Crippen LogP contribution < -0.4 is 4.74 Å². The minimum absolute atomic E-state index is 0.121. The third kappa shape index (κ3) is 3.20. The molecule has 2 atom stereocenters. The number of likely N-dealkylation sites (tertiary alicyclic amines) is 1. The number of fused-ring (bicyclic) bond motifs is 2. The topological polar surface area (TPSA) is 49.8 Å². The van der Waals surface area contributed by atoms with Crippen LogP contribution in [-0.2, 0) is 10.2 Å². The Balaban J connectivity index is 1.27. The monoisotopic (exact) mass is 377 g/mol. The predicted molar refractivity (Wildman–Crippen MR) is 108 cm³/mol. The maximum Gasteiger partial charge on any atom is 0.304 e. The highest BCUT2D eigenvalue weighted by molar-refractivity contribution is 5.66. The van der Waals surface area contributed by atoms with E-state index in [1.54, 1.807) is 0 Å². The molecule has 0 aromatic heterocycles. The van der Waals surface area contributed by atoms with Crippen molar-refractivity contribution in [1.82, 2.24) is 4.90 Å². The van der Waals surface area contributed by atoms with Crippen LogP contribution in [0.4, 0.5) is 0 Å². The van der Waals surface area contributed by atoms with Crippen molar-refractivity contribution in [2.24, 2.45) is 0 Å². The maximum absolute atomic E-state index is 10.8. The van der Waals surface area contributed by atoms with E-state index in [0.29, 0.717) is 18.4 Å². The number of aliphatic carboxylic acids is 1. The first-order valence-electron chi connectivity index (χ1n) is 10.4. The van der Waals surface area contributed by atoms with Crippen LogP contribution in [0.5, 0.6) is 5.75 Å². The van der Waals surface area contributed by atoms with E-state index in [-0.39, 0.29) is 11.8 Å². The lowest BCUT2D eigenvalue weighted by atomic mass is 9.74. The molecule has 0 radical (unpaired) electrons. The first-order chi connectivity index (χ1) is 13.6. The summed E-state index contributed by atoms with van der Waals surface area (Å²) in [6.07, 6.45) is 3.56. The number of benzene rings is 2. The van der Waals surface area contributed by atoms with E-state index in [4.69, 9.17) is 9.84 Å². The molecule has 3 aliphatic rings. The molecule has 1 aliphatic carbocycles. The van der Waals surface area contributed by atoms with Crippen LogP contribution in [0.25, 0.3) is 0 Å². The highest BCUT2D eigenvalue weighted by Crippen LogP contribution is 2.56. The molecule has 0 amide bonds. The summed E-state index contributed by atoms with van der Waals surface area (Å²) in [5.74, 6) is 1.63. The van der Waals surface area contributed by atoms with Gasteiger partial charge in [0.05, 0.1) is 13.0 Å². The van der Waals surface area contributed by atoms with Gasteiger partial charge in [0.15, 0.2) is 0 Å². The van der Waals surface area contributed by atoms with Crippen LogP contribution in [0.15, 0.2) is 48.5 Å². The lowest BCUT2D eigenvalue weighted by Gasteiger charge is -2.38. The second-order valence-electron chi connectivity index (χ2n) is 8.67. The minimum Gasteiger partial charge on any atom is -0.492 e. The molecule has 146 valence electrons. The molecule has 5 rings (SSSR count). The Labute approximate surface area is 166 Å². The first kappa shape index (κ1) is 17.7. The fraction of sp³-hybridized carbons (Fsp3) is 0.458. The molecule has 4 heteroatoms. The summed E-state index contributed by atoms with van der Waals surface area (Å²) in [6.45, 7) is 3.33. The van der Waals surface area contributed by atoms with Crippen LogP contribution in [-0.4, -0.2) is 42.2 Å². The van der Waals surface area contributed by atoms with Crippen molar-refractivity contribution in [2.75, 3.05) is 26.2 Å². The van der Waals surface area contributed by atoms with Gasteiger partial charge in [0.25, 0.3) is 0 Å². The molecule has 2 heterocycles. The zero-order valence-electron chi connectivity index (χ0n) is 16.1. The van der Waals surface area contributed by atoms with Crippen molar-refractivity contribution >= 4 is 5.97 Å². The van der Waals surface area contributed by atoms with Crippen molar-refractivity contribution in [3.05, 3.63) is 65.2 Å². The molecule has 1 spiro atoms. The van der Waals surface area contributed by atoms with Crippen LogP contribution in [0, 0.1) is 0 Å². The molecular formula is C24H27NO3. The van der Waals surface area contributed by atoms with E-state index in [0.717, 1.165) is 38.3 Å². The smallest absolute Gasteiger partial charge is 0.304 e. The fourth-order valence-corrected chi connectivity index (χ4v) is 5.12. The minimum atomic E-state index is -0.712. The molecule has 2 unspecified atom stereocenters. The number of carboxylic acid groups (broad SMARTS) is 1. The third-order valence-corrected chi connectivity index (χ3v) is 6.98. The molecule has 1 saturated carbocycles. The summed E-state index contributed by atoms with van der Waals surface area (Å²) in [5.41, 5.74) is 4.34. The van der Waals surface area contributed by atoms with Gasteiger partial charge in [-0.15, -0.1) is 0 Å². The normalized spacial score (nSPS) is 25.3. The summed E-state index contributed by atoms with van der Waals surface area (Å²) in [6, 6.07) is 17.7. The Hall–Kier alpha value is -2.33. The number of nitrogens with zero attached hydrogens (tertiary/aromatic N) is 1. The van der Waals surface area contributed by atoms with Crippen LogP contribution in [0.3, 0.4) is 0 Å². The van der Waals surface area contributed by atoms with Crippen molar-refractivity contribution in [3.8, 4) is 5.75 Å². The molecule has 1 N–H and O–H groups in total. The van der Waals surface area contributed by atoms with Crippen LogP contribution >= 0.6 is 0 Å². The number of ether oxygens (including phenoxy) is 1. The lowest BCUT2D eigenvalue weighted by molar-refractivity contribution is -0.137. The van der Waals surface area contributed by atoms with Crippen LogP contribution in [0.2, 0.25) is 0 Å². The molecule has 0 bridgehead atoms. The molecule has 4 nitrogen and oxygen atoms in total. The predicted octanol–water partition coefficient (Wildman–Crippen LogP) is 4.16. The molecule has 1 saturated heterocycles. The van der Waals surface area contributed by atoms with E-state index >= 15 is 0 Å². The average Bonchev–Trinajstić information content (AvgIpc) is 3.46. The third-order valence-electron chi connectivity index (χ3n) is 6.98. The number of hydrogen-bond acceptors (Lipinski definition) is 3. The van der Waals surface area contributed by atoms with Gasteiger partial charge >= 0.3 is 5.97 Å². The number of piperidine rings is 1. The van der Waals surface area contributed by atoms with Crippen molar-refractivity contribution in [2.45, 2.75) is 42.9 Å². The summed E-state index contributed by atoms with van der Waals surface area (Å²) in [7, 11) is 0. The van der Waals surface area contributed by atoms with E-state index in [1.807, 2.05) is 0 Å². The Morgan fingerprint density at radius 3 is 2.57 bits per heavy atom. The van der Waals surface area contributed by atoms with Gasteiger partial charge in [0.1, 0.15) is 5.75 Å². The largest absolute Gasteiger partial charge is 0.492 e. The first-order valence-corrected chi connectivity index (χ1v) is 10.4. The molecule has 2 aromatic carbocycles. The van der Waals surface area contributed by atoms with Gasteiger partial charge in [-0.3, -0.25) is 4.79 Å². The van der Waals surface area contributed by atoms with Gasteiger partial charge < -0.3 is 14.7 Å². The molecular weight excluding hydrogens is 350 g/mol. The van der Waals surface area contributed by atoms with Gasteiger partial charge in [0, 0.05) is 17.5 Å². The highest BCUT2D eigenvalue weighted by atomic mass is 16.5. The van der Waals surface area contributed by atoms with Gasteiger partial charge in [-0.25, -0.2) is 0 Å². The Kier molecular flexibility index (Phi) is 4.39. The molecule has 2 aromatic rings. The number of hydrogen-bond donors (Lipinski definition) is 1. The van der Waals surface area contributed by atoms with Crippen molar-refractivity contribution in [3.63, 3.8) is 0 Å². The molecule has 28 heavy (non-hydrogen) atoms. The van der Waals surface area contributed by atoms with E-state index in [2.05, 4.69) is 53.4 Å². The van der Waals surface area contributed by atoms with Crippen LogP contribution in [0.1, 0.15) is 54.2 Å². The average molecular weight is 377 g/mol. The van der Waals surface area contributed by atoms with E-state index < -0.39 is 5.97 Å². The van der Waals surface area contributed by atoms with Gasteiger partial charge in [-0.05, 0) is 61.4 Å². The Morgan fingerprint density at radius 1 is 1.07 bits per heavy atom. The summed E-state index contributed by atoms with van der Waals surface area (Å²) >= 11 is 0. The van der Waals surface area contributed by atoms with Gasteiger partial charge in [0.2, 0.25) is 0 Å². The van der Waals surface area contributed by atoms with E-state index in [1.165, 1.54) is 23.1 Å². The summed E-state index contributed by atoms with van der Waals surface area (Å²) in [5, 5.41) is 8.90. The number of carboxylic acids is 1. The van der Waals surface area contributed by atoms with Crippen molar-refractivity contribution in [1.29, 1.82) is 0 Å². The number of rotatable bonds is 5. The lowest BCUT2D eigenvalue weighted by Crippen LogP contribution is -2.44.